The molecule has 0 aliphatic rings. The molecule has 0 radical (unpaired) electrons. The molecule has 1 unspecified atom stereocenters. The molecule has 1 aromatic rings. The van der Waals surface area contributed by atoms with Gasteiger partial charge in [0.15, 0.2) is 5.96 Å². The molecule has 0 saturated carbocycles. The van der Waals surface area contributed by atoms with E-state index < -0.39 is 0 Å². The maximum Gasteiger partial charge on any atom is 0.191 e. The van der Waals surface area contributed by atoms with E-state index in [2.05, 4.69) is 35.7 Å². The molecule has 124 valence electrons. The number of benzene rings is 1. The Hall–Kier alpha value is -0.910. The fourth-order valence-electron chi connectivity index (χ4n) is 1.82. The topological polar surface area (TPSA) is 45.7 Å². The molecular formula is C16H26ClN3OS. The molecule has 0 fully saturated rings. The maximum absolute atomic E-state index is 6.04. The van der Waals surface area contributed by atoms with E-state index >= 15 is 0 Å². The number of ether oxygens (including phenoxy) is 1. The van der Waals surface area contributed by atoms with Crippen molar-refractivity contribution < 1.29 is 4.74 Å². The number of rotatable bonds is 7. The SMILES string of the molecule is CN=C(NCC(OC)c1cccc(Cl)c1)NCC(C)(C)SC. The minimum atomic E-state index is -0.0780. The molecule has 1 rings (SSSR count). The molecule has 4 nitrogen and oxygen atoms in total. The molecule has 0 bridgehead atoms. The number of hydrogen-bond acceptors (Lipinski definition) is 3. The van der Waals surface area contributed by atoms with E-state index in [1.54, 1.807) is 14.2 Å². The number of guanidine groups is 1. The van der Waals surface area contributed by atoms with Gasteiger partial charge >= 0.3 is 0 Å². The smallest absolute Gasteiger partial charge is 0.191 e. The zero-order chi connectivity index (χ0) is 16.6. The third-order valence-electron chi connectivity index (χ3n) is 3.42. The Balaban J connectivity index is 2.57. The lowest BCUT2D eigenvalue weighted by Gasteiger charge is -2.24. The summed E-state index contributed by atoms with van der Waals surface area (Å²) in [5.74, 6) is 0.770. The van der Waals surface area contributed by atoms with Gasteiger partial charge in [-0.25, -0.2) is 0 Å². The van der Waals surface area contributed by atoms with Gasteiger partial charge < -0.3 is 15.4 Å². The molecule has 2 N–H and O–H groups in total. The summed E-state index contributed by atoms with van der Waals surface area (Å²) in [6.45, 7) is 5.85. The number of aliphatic imine (C=N–C) groups is 1. The van der Waals surface area contributed by atoms with Gasteiger partial charge in [0.1, 0.15) is 0 Å². The molecular weight excluding hydrogens is 318 g/mol. The first-order valence-electron chi connectivity index (χ1n) is 7.20. The van der Waals surface area contributed by atoms with Gasteiger partial charge in [-0.05, 0) is 37.8 Å². The van der Waals surface area contributed by atoms with Crippen molar-refractivity contribution in [3.05, 3.63) is 34.9 Å². The molecule has 1 atom stereocenters. The Morgan fingerprint density at radius 1 is 1.41 bits per heavy atom. The van der Waals surface area contributed by atoms with Crippen molar-refractivity contribution in [2.45, 2.75) is 24.7 Å². The highest BCUT2D eigenvalue weighted by atomic mass is 35.5. The number of nitrogens with zero attached hydrogens (tertiary/aromatic N) is 1. The van der Waals surface area contributed by atoms with Crippen molar-refractivity contribution in [2.75, 3.05) is 33.5 Å². The van der Waals surface area contributed by atoms with Crippen LogP contribution >= 0.6 is 23.4 Å². The largest absolute Gasteiger partial charge is 0.375 e. The lowest BCUT2D eigenvalue weighted by atomic mass is 10.1. The third-order valence-corrected chi connectivity index (χ3v) is 4.90. The van der Waals surface area contributed by atoms with Crippen molar-refractivity contribution in [3.8, 4) is 0 Å². The van der Waals surface area contributed by atoms with Gasteiger partial charge in [-0.2, -0.15) is 11.8 Å². The van der Waals surface area contributed by atoms with E-state index in [0.29, 0.717) is 11.6 Å². The fourth-order valence-corrected chi connectivity index (χ4v) is 2.24. The minimum Gasteiger partial charge on any atom is -0.375 e. The summed E-state index contributed by atoms with van der Waals surface area (Å²) in [7, 11) is 3.46. The predicted octanol–water partition coefficient (Wildman–Crippen LogP) is 3.33. The van der Waals surface area contributed by atoms with Gasteiger partial charge in [-0.15, -0.1) is 0 Å². The summed E-state index contributed by atoms with van der Waals surface area (Å²) in [6.07, 6.45) is 2.03. The Kier molecular flexibility index (Phi) is 8.07. The van der Waals surface area contributed by atoms with Crippen LogP contribution in [-0.2, 0) is 4.74 Å². The molecule has 1 aromatic carbocycles. The molecule has 22 heavy (non-hydrogen) atoms. The average molecular weight is 344 g/mol. The molecule has 0 aliphatic carbocycles. The van der Waals surface area contributed by atoms with Crippen molar-refractivity contribution in [3.63, 3.8) is 0 Å². The minimum absolute atomic E-state index is 0.0780. The molecule has 0 spiro atoms. The number of thioether (sulfide) groups is 1. The van der Waals surface area contributed by atoms with Crippen LogP contribution in [0.15, 0.2) is 29.3 Å². The Morgan fingerprint density at radius 3 is 2.68 bits per heavy atom. The first kappa shape index (κ1) is 19.1. The van der Waals surface area contributed by atoms with Crippen LogP contribution in [-0.4, -0.2) is 44.2 Å². The quantitative estimate of drug-likeness (QED) is 0.589. The Labute approximate surface area is 143 Å². The highest BCUT2D eigenvalue weighted by Crippen LogP contribution is 2.20. The summed E-state index contributed by atoms with van der Waals surface area (Å²) in [5.41, 5.74) is 1.04. The van der Waals surface area contributed by atoms with Crippen LogP contribution in [0, 0.1) is 0 Å². The van der Waals surface area contributed by atoms with Crippen LogP contribution in [0.4, 0.5) is 0 Å². The summed E-state index contributed by atoms with van der Waals surface area (Å²) in [4.78, 5) is 4.25. The molecule has 0 amide bonds. The van der Waals surface area contributed by atoms with Gasteiger partial charge in [-0.3, -0.25) is 4.99 Å². The van der Waals surface area contributed by atoms with Gasteiger partial charge in [0.05, 0.1) is 6.10 Å². The summed E-state index contributed by atoms with van der Waals surface area (Å²) in [6, 6.07) is 7.72. The lowest BCUT2D eigenvalue weighted by molar-refractivity contribution is 0.106. The van der Waals surface area contributed by atoms with E-state index in [4.69, 9.17) is 16.3 Å². The zero-order valence-electron chi connectivity index (χ0n) is 13.9. The fraction of sp³-hybridized carbons (Fsp3) is 0.562. The van der Waals surface area contributed by atoms with Crippen molar-refractivity contribution in [2.24, 2.45) is 4.99 Å². The molecule has 0 saturated heterocycles. The van der Waals surface area contributed by atoms with Gasteiger partial charge in [0, 0.05) is 37.0 Å². The Morgan fingerprint density at radius 2 is 2.14 bits per heavy atom. The van der Waals surface area contributed by atoms with Crippen LogP contribution in [0.3, 0.4) is 0 Å². The van der Waals surface area contributed by atoms with E-state index in [1.165, 1.54) is 0 Å². The summed E-state index contributed by atoms with van der Waals surface area (Å²) < 4.78 is 5.70. The number of methoxy groups -OCH3 is 1. The third kappa shape index (κ3) is 6.46. The highest BCUT2D eigenvalue weighted by Gasteiger charge is 2.17. The van der Waals surface area contributed by atoms with E-state index in [1.807, 2.05) is 36.0 Å². The van der Waals surface area contributed by atoms with Gasteiger partial charge in [0.2, 0.25) is 0 Å². The van der Waals surface area contributed by atoms with Crippen molar-refractivity contribution in [1.82, 2.24) is 10.6 Å². The van der Waals surface area contributed by atoms with E-state index in [-0.39, 0.29) is 10.9 Å². The molecule has 0 heterocycles. The van der Waals surface area contributed by atoms with Crippen LogP contribution in [0.5, 0.6) is 0 Å². The normalized spacial score (nSPS) is 13.8. The second-order valence-corrected chi connectivity index (χ2v) is 7.50. The molecule has 0 aliphatic heterocycles. The summed E-state index contributed by atoms with van der Waals surface area (Å²) >= 11 is 7.86. The van der Waals surface area contributed by atoms with Crippen LogP contribution in [0.1, 0.15) is 25.5 Å². The predicted molar refractivity (Wildman–Crippen MR) is 98.2 cm³/mol. The highest BCUT2D eigenvalue weighted by molar-refractivity contribution is 7.99. The number of nitrogens with one attached hydrogen (secondary N) is 2. The Bertz CT molecular complexity index is 494. The van der Waals surface area contributed by atoms with Gasteiger partial charge in [-0.1, -0.05) is 23.7 Å². The standard InChI is InChI=1S/C16H26ClN3OS/c1-16(2,22-5)11-20-15(18-3)19-10-14(21-4)12-7-6-8-13(17)9-12/h6-9,14H,10-11H2,1-5H3,(H2,18,19,20). The molecule has 6 heteroatoms. The van der Waals surface area contributed by atoms with E-state index in [9.17, 15) is 0 Å². The van der Waals surface area contributed by atoms with Crippen molar-refractivity contribution >= 4 is 29.3 Å². The first-order chi connectivity index (χ1) is 10.4. The van der Waals surface area contributed by atoms with Crippen LogP contribution in [0.2, 0.25) is 5.02 Å². The molecule has 0 aromatic heterocycles. The number of hydrogen-bond donors (Lipinski definition) is 2. The van der Waals surface area contributed by atoms with Gasteiger partial charge in [0.25, 0.3) is 0 Å². The number of halogens is 1. The first-order valence-corrected chi connectivity index (χ1v) is 8.80. The van der Waals surface area contributed by atoms with Crippen LogP contribution < -0.4 is 10.6 Å². The second kappa shape index (κ2) is 9.28. The van der Waals surface area contributed by atoms with E-state index in [0.717, 1.165) is 18.1 Å². The average Bonchev–Trinajstić information content (AvgIpc) is 2.51. The summed E-state index contributed by atoms with van der Waals surface area (Å²) in [5, 5.41) is 7.35. The second-order valence-electron chi connectivity index (χ2n) is 5.55. The zero-order valence-corrected chi connectivity index (χ0v) is 15.5. The van der Waals surface area contributed by atoms with Crippen molar-refractivity contribution in [1.29, 1.82) is 0 Å². The monoisotopic (exact) mass is 343 g/mol. The van der Waals surface area contributed by atoms with Crippen LogP contribution in [0.25, 0.3) is 0 Å². The lowest BCUT2D eigenvalue weighted by Crippen LogP contribution is -2.44. The maximum atomic E-state index is 6.04.